The van der Waals surface area contributed by atoms with Crippen molar-refractivity contribution in [3.8, 4) is 0 Å². The third kappa shape index (κ3) is 3.05. The van der Waals surface area contributed by atoms with E-state index in [4.69, 9.17) is 9.15 Å². The molecular weight excluding hydrogens is 258 g/mol. The lowest BCUT2D eigenvalue weighted by Crippen LogP contribution is -2.37. The molecule has 2 rings (SSSR count). The molecule has 106 valence electrons. The van der Waals surface area contributed by atoms with Crippen molar-refractivity contribution in [2.24, 2.45) is 0 Å². The molecule has 0 saturated carbocycles. The Morgan fingerprint density at radius 1 is 1.40 bits per heavy atom. The van der Waals surface area contributed by atoms with E-state index in [-0.39, 0.29) is 11.6 Å². The fraction of sp³-hybridized carbons (Fsp3) is 0.333. The largest absolute Gasteiger partial charge is 0.422 e. The van der Waals surface area contributed by atoms with Crippen molar-refractivity contribution in [1.29, 1.82) is 0 Å². The van der Waals surface area contributed by atoms with Gasteiger partial charge in [-0.15, -0.1) is 0 Å². The van der Waals surface area contributed by atoms with Crippen LogP contribution < -0.4 is 10.9 Å². The quantitative estimate of drug-likeness (QED) is 0.865. The third-order valence-electron chi connectivity index (χ3n) is 2.93. The summed E-state index contributed by atoms with van der Waals surface area (Å²) in [5.41, 5.74) is 0.877. The van der Waals surface area contributed by atoms with Crippen LogP contribution >= 0.6 is 0 Å². The summed E-state index contributed by atoms with van der Waals surface area (Å²) in [4.78, 5) is 23.9. The Hall–Kier alpha value is -2.14. The molecule has 0 fully saturated rings. The molecule has 0 bridgehead atoms. The van der Waals surface area contributed by atoms with Gasteiger partial charge in [0.1, 0.15) is 11.1 Å². The lowest BCUT2D eigenvalue weighted by molar-refractivity contribution is 0.0902. The lowest BCUT2D eigenvalue weighted by atomic mass is 10.1. The van der Waals surface area contributed by atoms with Gasteiger partial charge in [0.15, 0.2) is 0 Å². The number of nitrogens with one attached hydrogen (secondary N) is 1. The molecule has 5 nitrogen and oxygen atoms in total. The molecule has 0 saturated heterocycles. The highest BCUT2D eigenvalue weighted by molar-refractivity contribution is 5.96. The average Bonchev–Trinajstić information content (AvgIpc) is 2.38. The standard InChI is InChI=1S/C15H17NO4/c1-9-4-5-13-11(6-9)7-12(15(18)20-13)14(17)16-10(2)8-19-3/h4-7,10H,8H2,1-3H3,(H,16,17)/t10-/m1/s1. The molecule has 5 heteroatoms. The Labute approximate surface area is 116 Å². The van der Waals surface area contributed by atoms with E-state index >= 15 is 0 Å². The van der Waals surface area contributed by atoms with Crippen molar-refractivity contribution < 1.29 is 13.9 Å². The van der Waals surface area contributed by atoms with Crippen molar-refractivity contribution in [2.45, 2.75) is 19.9 Å². The van der Waals surface area contributed by atoms with Gasteiger partial charge in [0.2, 0.25) is 0 Å². The van der Waals surface area contributed by atoms with Crippen LogP contribution in [0.2, 0.25) is 0 Å². The molecule has 1 aromatic heterocycles. The molecule has 1 aromatic carbocycles. The molecule has 1 N–H and O–H groups in total. The van der Waals surface area contributed by atoms with E-state index in [0.29, 0.717) is 12.2 Å². The second kappa shape index (κ2) is 5.88. The first-order valence-corrected chi connectivity index (χ1v) is 6.35. The Bertz CT molecular complexity index is 690. The normalized spacial score (nSPS) is 12.3. The van der Waals surface area contributed by atoms with Crippen LogP contribution in [0.4, 0.5) is 0 Å². The summed E-state index contributed by atoms with van der Waals surface area (Å²) in [7, 11) is 1.55. The zero-order valence-corrected chi connectivity index (χ0v) is 11.7. The van der Waals surface area contributed by atoms with Crippen LogP contribution in [0, 0.1) is 6.92 Å². The van der Waals surface area contributed by atoms with Crippen molar-refractivity contribution >= 4 is 16.9 Å². The molecule has 20 heavy (non-hydrogen) atoms. The van der Waals surface area contributed by atoms with Gasteiger partial charge in [-0.2, -0.15) is 0 Å². The average molecular weight is 275 g/mol. The second-order valence-electron chi connectivity index (χ2n) is 4.82. The molecular formula is C15H17NO4. The van der Waals surface area contributed by atoms with E-state index in [2.05, 4.69) is 5.32 Å². The van der Waals surface area contributed by atoms with Crippen LogP contribution in [-0.4, -0.2) is 25.7 Å². The van der Waals surface area contributed by atoms with Crippen molar-refractivity contribution in [1.82, 2.24) is 5.32 Å². The minimum Gasteiger partial charge on any atom is -0.422 e. The van der Waals surface area contributed by atoms with Gasteiger partial charge in [-0.25, -0.2) is 4.79 Å². The number of aryl methyl sites for hydroxylation is 1. The predicted molar refractivity (Wildman–Crippen MR) is 76.0 cm³/mol. The van der Waals surface area contributed by atoms with Crippen LogP contribution in [-0.2, 0) is 4.74 Å². The van der Waals surface area contributed by atoms with E-state index in [1.807, 2.05) is 19.1 Å². The van der Waals surface area contributed by atoms with E-state index in [0.717, 1.165) is 10.9 Å². The maximum atomic E-state index is 12.1. The van der Waals surface area contributed by atoms with Gasteiger partial charge in [-0.1, -0.05) is 11.6 Å². The van der Waals surface area contributed by atoms with Crippen LogP contribution in [0.1, 0.15) is 22.8 Å². The molecule has 1 atom stereocenters. The van der Waals surface area contributed by atoms with Gasteiger partial charge in [-0.05, 0) is 32.0 Å². The molecule has 2 aromatic rings. The Kier molecular flexibility index (Phi) is 4.20. The fourth-order valence-electron chi connectivity index (χ4n) is 1.99. The molecule has 1 amide bonds. The van der Waals surface area contributed by atoms with E-state index < -0.39 is 11.5 Å². The van der Waals surface area contributed by atoms with Crippen LogP contribution in [0.3, 0.4) is 0 Å². The first-order valence-electron chi connectivity index (χ1n) is 6.35. The number of carbonyl (C=O) groups excluding carboxylic acids is 1. The monoisotopic (exact) mass is 275 g/mol. The van der Waals surface area contributed by atoms with Gasteiger partial charge in [0, 0.05) is 18.5 Å². The van der Waals surface area contributed by atoms with E-state index in [1.54, 1.807) is 26.2 Å². The minimum absolute atomic E-state index is 0.00560. The molecule has 0 radical (unpaired) electrons. The summed E-state index contributed by atoms with van der Waals surface area (Å²) in [6.45, 7) is 4.11. The van der Waals surface area contributed by atoms with Crippen LogP contribution in [0.5, 0.6) is 0 Å². The van der Waals surface area contributed by atoms with Gasteiger partial charge in [0.05, 0.1) is 6.61 Å². The SMILES string of the molecule is COC[C@@H](C)NC(=O)c1cc2cc(C)ccc2oc1=O. The van der Waals surface area contributed by atoms with Crippen molar-refractivity contribution in [3.63, 3.8) is 0 Å². The van der Waals surface area contributed by atoms with Crippen molar-refractivity contribution in [2.75, 3.05) is 13.7 Å². The van der Waals surface area contributed by atoms with Gasteiger partial charge in [-0.3, -0.25) is 4.79 Å². The number of hydrogen-bond acceptors (Lipinski definition) is 4. The summed E-state index contributed by atoms with van der Waals surface area (Å²) >= 11 is 0. The number of fused-ring (bicyclic) bond motifs is 1. The summed E-state index contributed by atoms with van der Waals surface area (Å²) in [5, 5.41) is 3.42. The summed E-state index contributed by atoms with van der Waals surface area (Å²) in [6, 6.07) is 6.82. The third-order valence-corrected chi connectivity index (χ3v) is 2.93. The topological polar surface area (TPSA) is 68.5 Å². The summed E-state index contributed by atoms with van der Waals surface area (Å²) < 4.78 is 10.1. The number of benzene rings is 1. The number of amides is 1. The zero-order chi connectivity index (χ0) is 14.7. The highest BCUT2D eigenvalue weighted by Crippen LogP contribution is 2.15. The van der Waals surface area contributed by atoms with Gasteiger partial charge < -0.3 is 14.5 Å². The number of ether oxygens (including phenoxy) is 1. The minimum atomic E-state index is -0.636. The fourth-order valence-corrected chi connectivity index (χ4v) is 1.99. The maximum Gasteiger partial charge on any atom is 0.349 e. The first-order chi connectivity index (χ1) is 9.51. The number of methoxy groups -OCH3 is 1. The molecule has 1 heterocycles. The maximum absolute atomic E-state index is 12.1. The molecule has 0 unspecified atom stereocenters. The highest BCUT2D eigenvalue weighted by Gasteiger charge is 2.15. The predicted octanol–water partition coefficient (Wildman–Crippen LogP) is 1.87. The number of rotatable bonds is 4. The van der Waals surface area contributed by atoms with Crippen LogP contribution in [0.25, 0.3) is 11.0 Å². The highest BCUT2D eigenvalue weighted by atomic mass is 16.5. The summed E-state index contributed by atoms with van der Waals surface area (Å²) in [6.07, 6.45) is 0. The first kappa shape index (κ1) is 14.3. The number of carbonyl (C=O) groups is 1. The smallest absolute Gasteiger partial charge is 0.349 e. The Morgan fingerprint density at radius 3 is 2.85 bits per heavy atom. The Morgan fingerprint density at radius 2 is 2.15 bits per heavy atom. The molecule has 0 aliphatic carbocycles. The Balaban J connectivity index is 2.36. The van der Waals surface area contributed by atoms with Gasteiger partial charge >= 0.3 is 5.63 Å². The van der Waals surface area contributed by atoms with E-state index in [9.17, 15) is 9.59 Å². The molecule has 0 spiro atoms. The van der Waals surface area contributed by atoms with E-state index in [1.165, 1.54) is 0 Å². The van der Waals surface area contributed by atoms with Crippen LogP contribution in [0.15, 0.2) is 33.5 Å². The number of hydrogen-bond donors (Lipinski definition) is 1. The molecule has 0 aliphatic rings. The van der Waals surface area contributed by atoms with Crippen molar-refractivity contribution in [3.05, 3.63) is 45.8 Å². The second-order valence-corrected chi connectivity index (χ2v) is 4.82. The zero-order valence-electron chi connectivity index (χ0n) is 11.7. The summed E-state index contributed by atoms with van der Waals surface area (Å²) in [5.74, 6) is -0.452. The lowest BCUT2D eigenvalue weighted by Gasteiger charge is -2.12. The molecule has 0 aliphatic heterocycles. The van der Waals surface area contributed by atoms with Gasteiger partial charge in [0.25, 0.3) is 5.91 Å².